The van der Waals surface area contributed by atoms with Gasteiger partial charge in [-0.2, -0.15) is 0 Å². The fourth-order valence-electron chi connectivity index (χ4n) is 4.32. The van der Waals surface area contributed by atoms with Gasteiger partial charge in [0.05, 0.1) is 58.9 Å². The highest BCUT2D eigenvalue weighted by atomic mass is 127. The molecule has 1 aromatic carbocycles. The molecule has 1 aliphatic heterocycles. The number of morpholine rings is 1. The summed E-state index contributed by atoms with van der Waals surface area (Å²) < 4.78 is 17.7. The summed E-state index contributed by atoms with van der Waals surface area (Å²) in [6.07, 6.45) is 3.37. The van der Waals surface area contributed by atoms with Crippen LogP contribution in [-0.2, 0) is 16.0 Å². The van der Waals surface area contributed by atoms with Crippen molar-refractivity contribution in [2.45, 2.75) is 13.3 Å². The number of benzene rings is 1. The molecular formula is C27H27IN6O5S. The first kappa shape index (κ1) is 28.0. The molecule has 0 unspecified atom stereocenters. The molecular weight excluding hydrogens is 647 g/mol. The molecule has 0 radical (unpaired) electrons. The van der Waals surface area contributed by atoms with E-state index in [2.05, 4.69) is 48.2 Å². The molecule has 1 fully saturated rings. The number of halogens is 1. The fraction of sp³-hybridized carbons (Fsp3) is 0.296. The Labute approximate surface area is 248 Å². The largest absolute Gasteiger partial charge is 0.496 e. The van der Waals surface area contributed by atoms with Crippen LogP contribution < -0.4 is 20.1 Å². The lowest BCUT2D eigenvalue weighted by atomic mass is 10.1. The summed E-state index contributed by atoms with van der Waals surface area (Å²) in [6.45, 7) is 4.25. The first-order valence-corrected chi connectivity index (χ1v) is 14.4. The summed E-state index contributed by atoms with van der Waals surface area (Å²) in [5.41, 5.74) is 3.18. The van der Waals surface area contributed by atoms with Crippen molar-refractivity contribution >= 4 is 73.3 Å². The summed E-state index contributed by atoms with van der Waals surface area (Å²) in [5, 5.41) is 7.97. The Bertz CT molecular complexity index is 1530. The monoisotopic (exact) mass is 674 g/mol. The van der Waals surface area contributed by atoms with Gasteiger partial charge in [-0.25, -0.2) is 15.0 Å². The standard InChI is InChI=1S/C27H27IN6O5S/c1-15-18(37-2)11-19(38-3)22(28)23(15)33-27(36)17-13-40-25-24(17)30-14-31-26(25)32-20-5-4-16(12-29-20)10-21(35)34-6-8-39-9-7-34/h4-5,11-14H,6-10H2,1-3H3,(H,33,36)(H,29,30,31,32). The van der Waals surface area contributed by atoms with E-state index in [1.165, 1.54) is 17.7 Å². The molecule has 2 N–H and O–H groups in total. The van der Waals surface area contributed by atoms with Gasteiger partial charge >= 0.3 is 0 Å². The van der Waals surface area contributed by atoms with Gasteiger partial charge in [0.2, 0.25) is 5.91 Å². The van der Waals surface area contributed by atoms with E-state index in [-0.39, 0.29) is 18.2 Å². The molecule has 1 aliphatic rings. The van der Waals surface area contributed by atoms with Gasteiger partial charge < -0.3 is 29.7 Å². The molecule has 5 rings (SSSR count). The highest BCUT2D eigenvalue weighted by Gasteiger charge is 2.22. The van der Waals surface area contributed by atoms with Gasteiger partial charge in [-0.3, -0.25) is 9.59 Å². The average Bonchev–Trinajstić information content (AvgIpc) is 3.42. The van der Waals surface area contributed by atoms with E-state index in [0.29, 0.717) is 66.2 Å². The number of thiophene rings is 1. The molecule has 208 valence electrons. The van der Waals surface area contributed by atoms with E-state index in [0.717, 1.165) is 19.4 Å². The molecule has 0 atom stereocenters. The Morgan fingerprint density at radius 3 is 2.60 bits per heavy atom. The molecule has 4 aromatic rings. The smallest absolute Gasteiger partial charge is 0.258 e. The zero-order valence-corrected chi connectivity index (χ0v) is 25.1. The lowest BCUT2D eigenvalue weighted by Gasteiger charge is -2.26. The Hall–Kier alpha value is -3.56. The maximum absolute atomic E-state index is 13.4. The van der Waals surface area contributed by atoms with Crippen LogP contribution in [0.2, 0.25) is 0 Å². The van der Waals surface area contributed by atoms with Crippen molar-refractivity contribution in [2.75, 3.05) is 51.2 Å². The third-order valence-electron chi connectivity index (χ3n) is 6.51. The molecule has 40 heavy (non-hydrogen) atoms. The van der Waals surface area contributed by atoms with E-state index >= 15 is 0 Å². The molecule has 11 nitrogen and oxygen atoms in total. The summed E-state index contributed by atoms with van der Waals surface area (Å²) in [4.78, 5) is 40.9. The molecule has 3 aromatic heterocycles. The van der Waals surface area contributed by atoms with Crippen LogP contribution in [0, 0.1) is 10.5 Å². The number of nitrogens with zero attached hydrogens (tertiary/aromatic N) is 4. The van der Waals surface area contributed by atoms with Crippen LogP contribution in [0.4, 0.5) is 17.3 Å². The van der Waals surface area contributed by atoms with Crippen molar-refractivity contribution in [1.82, 2.24) is 19.9 Å². The number of rotatable bonds is 8. The van der Waals surface area contributed by atoms with Gasteiger partial charge in [-0.05, 0) is 41.1 Å². The molecule has 4 heterocycles. The third kappa shape index (κ3) is 5.81. The second-order valence-corrected chi connectivity index (χ2v) is 10.9. The molecule has 2 amide bonds. The predicted octanol–water partition coefficient (Wildman–Crippen LogP) is 4.41. The molecule has 0 bridgehead atoms. The van der Waals surface area contributed by atoms with Crippen molar-refractivity contribution < 1.29 is 23.8 Å². The van der Waals surface area contributed by atoms with Crippen molar-refractivity contribution in [2.24, 2.45) is 0 Å². The van der Waals surface area contributed by atoms with Gasteiger partial charge in [0.25, 0.3) is 5.91 Å². The Morgan fingerprint density at radius 1 is 1.12 bits per heavy atom. The maximum Gasteiger partial charge on any atom is 0.258 e. The first-order chi connectivity index (χ1) is 19.4. The van der Waals surface area contributed by atoms with E-state index in [9.17, 15) is 9.59 Å². The second-order valence-electron chi connectivity index (χ2n) is 8.95. The summed E-state index contributed by atoms with van der Waals surface area (Å²) in [6, 6.07) is 5.46. The normalized spacial score (nSPS) is 13.2. The van der Waals surface area contributed by atoms with Crippen LogP contribution in [0.15, 0.2) is 36.1 Å². The van der Waals surface area contributed by atoms with Crippen molar-refractivity contribution in [1.29, 1.82) is 0 Å². The Kier molecular flexibility index (Phi) is 8.61. The lowest BCUT2D eigenvalue weighted by Crippen LogP contribution is -2.41. The van der Waals surface area contributed by atoms with Gasteiger partial charge in [0, 0.05) is 36.3 Å². The number of hydrogen-bond donors (Lipinski definition) is 2. The van der Waals surface area contributed by atoms with E-state index in [1.54, 1.807) is 37.9 Å². The number of carbonyl (C=O) groups excluding carboxylic acids is 2. The number of anilines is 3. The average molecular weight is 675 g/mol. The SMILES string of the molecule is COc1cc(OC)c(I)c(NC(=O)c2csc3c(Nc4ccc(CC(=O)N5CCOCC5)cn4)ncnc23)c1C. The zero-order chi connectivity index (χ0) is 28.2. The summed E-state index contributed by atoms with van der Waals surface area (Å²) in [5.74, 6) is 2.07. The predicted molar refractivity (Wildman–Crippen MR) is 161 cm³/mol. The highest BCUT2D eigenvalue weighted by Crippen LogP contribution is 2.39. The molecule has 0 aliphatic carbocycles. The topological polar surface area (TPSA) is 128 Å². The minimum absolute atomic E-state index is 0.0602. The molecule has 0 spiro atoms. The van der Waals surface area contributed by atoms with Gasteiger partial charge in [0.15, 0.2) is 5.82 Å². The van der Waals surface area contributed by atoms with Crippen LogP contribution in [0.3, 0.4) is 0 Å². The maximum atomic E-state index is 13.4. The van der Waals surface area contributed by atoms with Crippen molar-refractivity contribution in [3.8, 4) is 11.5 Å². The highest BCUT2D eigenvalue weighted by molar-refractivity contribution is 14.1. The number of fused-ring (bicyclic) bond motifs is 1. The Morgan fingerprint density at radius 2 is 1.90 bits per heavy atom. The number of aromatic nitrogens is 3. The van der Waals surface area contributed by atoms with Crippen LogP contribution >= 0.6 is 33.9 Å². The number of carbonyl (C=O) groups is 2. The van der Waals surface area contributed by atoms with Crippen LogP contribution in [0.25, 0.3) is 10.2 Å². The summed E-state index contributed by atoms with van der Waals surface area (Å²) in [7, 11) is 3.15. The Balaban J connectivity index is 1.33. The van der Waals surface area contributed by atoms with E-state index in [1.807, 2.05) is 17.9 Å². The van der Waals surface area contributed by atoms with E-state index < -0.39 is 0 Å². The molecule has 13 heteroatoms. The summed E-state index contributed by atoms with van der Waals surface area (Å²) >= 11 is 3.51. The number of nitrogens with one attached hydrogen (secondary N) is 2. The van der Waals surface area contributed by atoms with Gasteiger partial charge in [-0.15, -0.1) is 11.3 Å². The number of hydrogen-bond acceptors (Lipinski definition) is 10. The fourth-order valence-corrected chi connectivity index (χ4v) is 6.18. The second kappa shape index (κ2) is 12.3. The number of methoxy groups -OCH3 is 2. The molecule has 0 saturated carbocycles. The first-order valence-electron chi connectivity index (χ1n) is 12.4. The van der Waals surface area contributed by atoms with Crippen LogP contribution in [0.1, 0.15) is 21.5 Å². The quantitative estimate of drug-likeness (QED) is 0.261. The number of pyridine rings is 1. The minimum atomic E-state index is -0.306. The van der Waals surface area contributed by atoms with Gasteiger partial charge in [0.1, 0.15) is 23.6 Å². The van der Waals surface area contributed by atoms with Crippen LogP contribution in [0.5, 0.6) is 11.5 Å². The lowest BCUT2D eigenvalue weighted by molar-refractivity contribution is -0.134. The van der Waals surface area contributed by atoms with Crippen molar-refractivity contribution in [3.63, 3.8) is 0 Å². The number of amides is 2. The minimum Gasteiger partial charge on any atom is -0.496 e. The number of ether oxygens (including phenoxy) is 3. The third-order valence-corrected chi connectivity index (χ3v) is 8.56. The zero-order valence-electron chi connectivity index (χ0n) is 22.1. The van der Waals surface area contributed by atoms with Crippen LogP contribution in [-0.4, -0.2) is 72.2 Å². The molecule has 1 saturated heterocycles. The van der Waals surface area contributed by atoms with Gasteiger partial charge in [-0.1, -0.05) is 6.07 Å². The van der Waals surface area contributed by atoms with Crippen molar-refractivity contribution in [3.05, 3.63) is 56.4 Å². The van der Waals surface area contributed by atoms with E-state index in [4.69, 9.17) is 14.2 Å².